The van der Waals surface area contributed by atoms with Gasteiger partial charge in [0.05, 0.1) is 31.8 Å². The van der Waals surface area contributed by atoms with Gasteiger partial charge in [-0.25, -0.2) is 0 Å². The Kier molecular flexibility index (Phi) is 34.9. The summed E-state index contributed by atoms with van der Waals surface area (Å²) in [5.41, 5.74) is 0. The summed E-state index contributed by atoms with van der Waals surface area (Å²) in [7, 11) is 13.9. The lowest BCUT2D eigenvalue weighted by Crippen LogP contribution is -3.06. The van der Waals surface area contributed by atoms with E-state index in [0.717, 1.165) is 26.5 Å². The van der Waals surface area contributed by atoms with Crippen LogP contribution in [0.5, 0.6) is 0 Å². The van der Waals surface area contributed by atoms with Crippen molar-refractivity contribution in [1.29, 1.82) is 0 Å². The summed E-state index contributed by atoms with van der Waals surface area (Å²) < 4.78 is 0. The van der Waals surface area contributed by atoms with Crippen molar-refractivity contribution >= 4 is 70.8 Å². The molecule has 1 aliphatic heterocycles. The van der Waals surface area contributed by atoms with Gasteiger partial charge < -0.3 is 70.7 Å². The average Bonchev–Trinajstić information content (AvgIpc) is 0.906. The van der Waals surface area contributed by atoms with Crippen LogP contribution in [0, 0.1) is 41.4 Å². The Morgan fingerprint density at radius 3 is 1.40 bits per heavy atom. The molecule has 0 aromatic rings. The van der Waals surface area contributed by atoms with Gasteiger partial charge in [0.1, 0.15) is 60.4 Å². The zero-order chi connectivity index (χ0) is 70.5. The third-order valence-electron chi connectivity index (χ3n) is 16.9. The predicted octanol–water partition coefficient (Wildman–Crippen LogP) is 2.11. The molecule has 0 aromatic carbocycles. The first-order valence-electron chi connectivity index (χ1n) is 32.7. The van der Waals surface area contributed by atoms with Crippen LogP contribution in [-0.2, 0) is 47.9 Å². The molecule has 91 heavy (non-hydrogen) atoms. The summed E-state index contributed by atoms with van der Waals surface area (Å²) in [6.07, 6.45) is 2.95. The Bertz CT molecular complexity index is 2510. The number of nitrogens with zero attached hydrogens (tertiary/aromatic N) is 7. The number of hydrogen-bond donors (Lipinski definition) is 6. The maximum atomic E-state index is 15.3. The number of rotatable bonds is 19. The highest BCUT2D eigenvalue weighted by atomic mass is 32.2. The zero-order valence-corrected chi connectivity index (χ0v) is 61.0. The van der Waals surface area contributed by atoms with Crippen LogP contribution in [0.2, 0.25) is 0 Å². The van der Waals surface area contributed by atoms with Crippen molar-refractivity contribution in [3.05, 3.63) is 23.1 Å². The molecule has 0 saturated carbocycles. The highest BCUT2D eigenvalue weighted by molar-refractivity contribution is 8.03. The third-order valence-corrected chi connectivity index (χ3v) is 18.0. The van der Waals surface area contributed by atoms with E-state index < -0.39 is 149 Å². The van der Waals surface area contributed by atoms with Crippen LogP contribution in [-0.4, -0.2) is 241 Å². The summed E-state index contributed by atoms with van der Waals surface area (Å²) in [5, 5.41) is 38.5. The minimum atomic E-state index is -1.64. The summed E-state index contributed by atoms with van der Waals surface area (Å²) in [6.45, 7) is 30.5. The fourth-order valence-corrected chi connectivity index (χ4v) is 12.4. The van der Waals surface area contributed by atoms with Crippen molar-refractivity contribution in [3.8, 4) is 0 Å². The van der Waals surface area contributed by atoms with Crippen LogP contribution in [0.1, 0.15) is 156 Å². The van der Waals surface area contributed by atoms with Crippen molar-refractivity contribution < 1.29 is 63.1 Å². The van der Waals surface area contributed by atoms with Crippen LogP contribution < -0.4 is 31.3 Å². The molecule has 25 heteroatoms. The van der Waals surface area contributed by atoms with E-state index in [2.05, 4.69) is 21.3 Å². The molecule has 522 valence electrons. The van der Waals surface area contributed by atoms with Crippen LogP contribution in [0.3, 0.4) is 0 Å². The number of aliphatic hydroxyl groups excluding tert-OH is 1. The molecule has 0 unspecified atom stereocenters. The second kappa shape index (κ2) is 38.3. The number of hydrogen-bond acceptors (Lipinski definition) is 14. The Morgan fingerprint density at radius 1 is 0.516 bits per heavy atom. The summed E-state index contributed by atoms with van der Waals surface area (Å²) >= 11 is 1.09. The second-order valence-corrected chi connectivity index (χ2v) is 28.9. The lowest BCUT2D eigenvalue weighted by Gasteiger charge is -2.41. The number of aliphatic hydroxyl groups is 1. The van der Waals surface area contributed by atoms with Crippen molar-refractivity contribution in [3.63, 3.8) is 0 Å². The molecule has 0 aliphatic carbocycles. The van der Waals surface area contributed by atoms with E-state index in [1.807, 2.05) is 75.6 Å². The number of nitrogens with one attached hydrogen (secondary N) is 5. The van der Waals surface area contributed by atoms with Crippen LogP contribution in [0.15, 0.2) is 23.1 Å². The SMILES string of the molecule is C/C=C/C[C@@H](C)[C@@H](O)[C@H]1C(=O)N[C@@H](CC)C(=O)N(C)C(SCC[NH+](C)C)=C([O-])N(C)[C@@H](CC(C)C)C(=O)N[C@@H](C(C)C)C(=O)N(C)[C@@H](CC(C)C)C(=O)N[C@@H](C)C(=O)N[C@H](C)C(=O)N(C)[C@@H](CC(C)C)C(=O)N(C)[C@@H](CC(C)C)C(=O)N(C)[C@@H](C(C)C)C(=O)N1C. The molecule has 0 saturated heterocycles. The van der Waals surface area contributed by atoms with E-state index >= 15 is 29.1 Å². The average molecular weight is 1310 g/mol. The van der Waals surface area contributed by atoms with Crippen molar-refractivity contribution in [2.75, 3.05) is 75.7 Å². The highest BCUT2D eigenvalue weighted by Gasteiger charge is 2.46. The van der Waals surface area contributed by atoms with Gasteiger partial charge in [-0.3, -0.25) is 47.9 Å². The normalized spacial score (nSPS) is 26.0. The summed E-state index contributed by atoms with van der Waals surface area (Å²) in [5.74, 6) is -9.60. The largest absolute Gasteiger partial charge is 0.859 e. The topological polar surface area (TPSA) is 289 Å². The number of likely N-dealkylation sites (N-methyl/N-ethyl adjacent to an activating group) is 7. The molecular formula is C66H120N12O12S. The summed E-state index contributed by atoms with van der Waals surface area (Å²) in [4.78, 5) is 158. The smallest absolute Gasteiger partial charge is 0.249 e. The van der Waals surface area contributed by atoms with E-state index in [-0.39, 0.29) is 60.8 Å². The number of thioether (sulfide) groups is 1. The van der Waals surface area contributed by atoms with Crippen LogP contribution in [0.25, 0.3) is 0 Å². The van der Waals surface area contributed by atoms with E-state index in [0.29, 0.717) is 18.7 Å². The number of carbonyl (C=O) groups excluding carboxylic acids is 10. The van der Waals surface area contributed by atoms with E-state index in [9.17, 15) is 29.1 Å². The molecular weight excluding hydrogens is 1180 g/mol. The molecule has 24 nitrogen and oxygen atoms in total. The number of quaternary nitrogens is 1. The molecule has 1 aliphatic rings. The maximum absolute atomic E-state index is 15.3. The first-order chi connectivity index (χ1) is 42.0. The van der Waals surface area contributed by atoms with Crippen molar-refractivity contribution in [1.82, 2.24) is 55.6 Å². The first-order valence-corrected chi connectivity index (χ1v) is 33.7. The van der Waals surface area contributed by atoms with E-state index in [4.69, 9.17) is 0 Å². The van der Waals surface area contributed by atoms with Gasteiger partial charge in [0.2, 0.25) is 59.1 Å². The fourth-order valence-electron chi connectivity index (χ4n) is 11.1. The number of carbonyl (C=O) groups is 10. The van der Waals surface area contributed by atoms with E-state index in [1.165, 1.54) is 87.7 Å². The Labute approximate surface area is 550 Å². The van der Waals surface area contributed by atoms with Gasteiger partial charge in [-0.2, -0.15) is 0 Å². The van der Waals surface area contributed by atoms with Gasteiger partial charge in [0.15, 0.2) is 0 Å². The molecule has 10 amide bonds. The number of allylic oxidation sites excluding steroid dienone is 2. The third kappa shape index (κ3) is 23.8. The first kappa shape index (κ1) is 83.1. The van der Waals surface area contributed by atoms with Gasteiger partial charge >= 0.3 is 0 Å². The lowest BCUT2D eigenvalue weighted by atomic mass is 9.91. The standard InChI is InChI=1S/C66H120N12O12S/c1-27-29-30-43(15)54(79)53-58(83)69-46(28-2)60(85)78(26)66(91-32-31-71(18)19)65(90)73(21)48(34-38(5)6)57(82)70-51(41(11)12)63(88)72(20)47(33-37(3)4)56(81)67-44(16)55(80)68-45(17)59(84)74(22)49(35-39(7)8)61(86)75(23)50(36-40(9)10)62(87)76(24)52(42(13)14)64(89)77(53)25/h27,29,37-54,79,90H,28,30-36H2,1-26H3,(H,67,81)(H,68,80)(H,69,83)(H,70,82)/b29-27+,66-65?/t43-,44+,45-,46+,47+,48+,49+,50+,51+,52+,53+,54-/m1/s1. The molecule has 1 rings (SSSR count). The maximum Gasteiger partial charge on any atom is 0.249 e. The molecule has 0 spiro atoms. The van der Waals surface area contributed by atoms with Crippen LogP contribution >= 0.6 is 11.8 Å². The zero-order valence-electron chi connectivity index (χ0n) is 60.2. The van der Waals surface area contributed by atoms with Crippen LogP contribution in [0.4, 0.5) is 0 Å². The minimum Gasteiger partial charge on any atom is -0.859 e. The minimum absolute atomic E-state index is 0.00511. The molecule has 0 radical (unpaired) electrons. The van der Waals surface area contributed by atoms with Gasteiger partial charge in [-0.05, 0) is 107 Å². The molecule has 6 N–H and O–H groups in total. The van der Waals surface area contributed by atoms with E-state index in [1.54, 1.807) is 54.5 Å². The molecule has 1 heterocycles. The monoisotopic (exact) mass is 1300 g/mol. The molecule has 0 fully saturated rings. The van der Waals surface area contributed by atoms with Gasteiger partial charge in [0.25, 0.3) is 0 Å². The fraction of sp³-hybridized carbons (Fsp3) is 0.788. The number of amides is 10. The summed E-state index contributed by atoms with van der Waals surface area (Å²) in [6, 6.07) is -12.6. The Balaban J connectivity index is 4.58. The van der Waals surface area contributed by atoms with Gasteiger partial charge in [0, 0.05) is 55.1 Å². The molecule has 0 bridgehead atoms. The molecule has 12 atom stereocenters. The Hall–Kier alpha value is -5.95. The molecule has 0 aromatic heterocycles. The van der Waals surface area contributed by atoms with Gasteiger partial charge in [-0.1, -0.05) is 109 Å². The predicted molar refractivity (Wildman–Crippen MR) is 356 cm³/mol. The van der Waals surface area contributed by atoms with Gasteiger partial charge in [-0.15, -0.1) is 11.8 Å². The van der Waals surface area contributed by atoms with Crippen molar-refractivity contribution in [2.45, 2.75) is 223 Å². The lowest BCUT2D eigenvalue weighted by molar-refractivity contribution is -0.855. The highest BCUT2D eigenvalue weighted by Crippen LogP contribution is 2.28. The quantitative estimate of drug-likeness (QED) is 0.101. The Morgan fingerprint density at radius 2 is 0.945 bits per heavy atom. The second-order valence-electron chi connectivity index (χ2n) is 27.8. The van der Waals surface area contributed by atoms with Crippen molar-refractivity contribution in [2.24, 2.45) is 41.4 Å².